The van der Waals surface area contributed by atoms with Gasteiger partial charge in [-0.25, -0.2) is 15.0 Å². The molecule has 0 aliphatic heterocycles. The highest BCUT2D eigenvalue weighted by Gasteiger charge is 2.11. The first-order valence-corrected chi connectivity index (χ1v) is 5.51. The Kier molecular flexibility index (Phi) is 2.82. The van der Waals surface area contributed by atoms with Crippen LogP contribution in [0.25, 0.3) is 11.2 Å². The summed E-state index contributed by atoms with van der Waals surface area (Å²) >= 11 is 0. The summed E-state index contributed by atoms with van der Waals surface area (Å²) in [7, 11) is 2.76. The van der Waals surface area contributed by atoms with E-state index < -0.39 is 0 Å². The second-order valence-corrected chi connectivity index (χ2v) is 4.46. The standard InChI is InChI=1S/C9H14N5P/c1-5(2)9(15)14-8-6-7(11-3-10-6)12-4-13-8/h3-5,9H,15H2,1-2H3,(H2,10,11,12,13,14). The predicted octanol–water partition coefficient (Wildman–Crippen LogP) is 1.62. The van der Waals surface area contributed by atoms with E-state index in [-0.39, 0.29) is 5.78 Å². The van der Waals surface area contributed by atoms with Crippen LogP contribution in [0.2, 0.25) is 0 Å². The molecule has 0 aliphatic carbocycles. The summed E-state index contributed by atoms with van der Waals surface area (Å²) in [5, 5.41) is 3.31. The van der Waals surface area contributed by atoms with E-state index in [1.807, 2.05) is 0 Å². The first-order valence-electron chi connectivity index (χ1n) is 4.84. The Morgan fingerprint density at radius 1 is 1.33 bits per heavy atom. The SMILES string of the molecule is CC(C)C(P)Nc1ncnc2nc[nH]c12. The van der Waals surface area contributed by atoms with Gasteiger partial charge in [-0.1, -0.05) is 13.8 Å². The number of hydrogen-bond acceptors (Lipinski definition) is 4. The maximum Gasteiger partial charge on any atom is 0.182 e. The van der Waals surface area contributed by atoms with Crippen molar-refractivity contribution in [1.29, 1.82) is 0 Å². The lowest BCUT2D eigenvalue weighted by Gasteiger charge is -2.17. The van der Waals surface area contributed by atoms with E-state index in [1.54, 1.807) is 6.33 Å². The lowest BCUT2D eigenvalue weighted by atomic mass is 10.2. The molecule has 2 N–H and O–H groups in total. The van der Waals surface area contributed by atoms with E-state index >= 15 is 0 Å². The first-order chi connectivity index (χ1) is 7.18. The number of anilines is 1. The number of hydrogen-bond donors (Lipinski definition) is 2. The van der Waals surface area contributed by atoms with E-state index in [0.717, 1.165) is 11.3 Å². The Bertz CT molecular complexity index is 452. The number of aromatic amines is 1. The van der Waals surface area contributed by atoms with Crippen LogP contribution < -0.4 is 5.32 Å². The minimum Gasteiger partial charge on any atom is -0.362 e. The molecule has 15 heavy (non-hydrogen) atoms. The molecule has 0 bridgehead atoms. The summed E-state index contributed by atoms with van der Waals surface area (Å²) in [4.78, 5) is 15.4. The number of nitrogens with one attached hydrogen (secondary N) is 2. The van der Waals surface area contributed by atoms with Crippen LogP contribution in [0.4, 0.5) is 5.82 Å². The van der Waals surface area contributed by atoms with Crippen molar-refractivity contribution in [3.8, 4) is 0 Å². The fourth-order valence-electron chi connectivity index (χ4n) is 1.20. The Labute approximate surface area is 90.3 Å². The van der Waals surface area contributed by atoms with Crippen molar-refractivity contribution < 1.29 is 0 Å². The average Bonchev–Trinajstić information content (AvgIpc) is 2.66. The van der Waals surface area contributed by atoms with Gasteiger partial charge in [0.1, 0.15) is 11.8 Å². The fraction of sp³-hybridized carbons (Fsp3) is 0.444. The molecule has 2 unspecified atom stereocenters. The van der Waals surface area contributed by atoms with Gasteiger partial charge in [-0.15, -0.1) is 9.24 Å². The van der Waals surface area contributed by atoms with E-state index in [0.29, 0.717) is 11.6 Å². The molecule has 2 atom stereocenters. The van der Waals surface area contributed by atoms with Crippen LogP contribution >= 0.6 is 9.24 Å². The molecule has 2 aromatic heterocycles. The van der Waals surface area contributed by atoms with Gasteiger partial charge >= 0.3 is 0 Å². The third kappa shape index (κ3) is 2.07. The van der Waals surface area contributed by atoms with Gasteiger partial charge in [-0.2, -0.15) is 0 Å². The van der Waals surface area contributed by atoms with Crippen LogP contribution in [0, 0.1) is 5.92 Å². The van der Waals surface area contributed by atoms with Crippen molar-refractivity contribution in [2.45, 2.75) is 19.6 Å². The van der Waals surface area contributed by atoms with Gasteiger partial charge in [-0.3, -0.25) is 0 Å². The number of aromatic nitrogens is 4. The van der Waals surface area contributed by atoms with Crippen molar-refractivity contribution in [2.24, 2.45) is 5.92 Å². The maximum absolute atomic E-state index is 4.19. The van der Waals surface area contributed by atoms with E-state index in [1.165, 1.54) is 6.33 Å². The Morgan fingerprint density at radius 3 is 2.87 bits per heavy atom. The molecule has 5 nitrogen and oxygen atoms in total. The van der Waals surface area contributed by atoms with Crippen molar-refractivity contribution >= 4 is 26.2 Å². The minimum atomic E-state index is 0.284. The van der Waals surface area contributed by atoms with Gasteiger partial charge in [0.25, 0.3) is 0 Å². The zero-order valence-corrected chi connectivity index (χ0v) is 9.88. The summed E-state index contributed by atoms with van der Waals surface area (Å²) in [5.74, 6) is 1.60. The maximum atomic E-state index is 4.19. The number of rotatable bonds is 3. The molecule has 80 valence electrons. The van der Waals surface area contributed by atoms with Gasteiger partial charge < -0.3 is 10.3 Å². The van der Waals surface area contributed by atoms with Crippen LogP contribution in [0.15, 0.2) is 12.7 Å². The van der Waals surface area contributed by atoms with E-state index in [4.69, 9.17) is 0 Å². The van der Waals surface area contributed by atoms with E-state index in [2.05, 4.69) is 48.3 Å². The lowest BCUT2D eigenvalue weighted by molar-refractivity contribution is 0.650. The molecule has 0 saturated heterocycles. The smallest absolute Gasteiger partial charge is 0.182 e. The van der Waals surface area contributed by atoms with Gasteiger partial charge in [-0.05, 0) is 5.92 Å². The molecule has 0 saturated carbocycles. The first kappa shape index (κ1) is 10.3. The van der Waals surface area contributed by atoms with Crippen molar-refractivity contribution in [1.82, 2.24) is 19.9 Å². The van der Waals surface area contributed by atoms with Crippen LogP contribution in [-0.2, 0) is 0 Å². The molecule has 2 rings (SSSR count). The van der Waals surface area contributed by atoms with Crippen LogP contribution in [0.3, 0.4) is 0 Å². The predicted molar refractivity (Wildman–Crippen MR) is 63.6 cm³/mol. The molecule has 0 radical (unpaired) electrons. The molecule has 0 aliphatic rings. The molecule has 6 heteroatoms. The molecule has 0 fully saturated rings. The largest absolute Gasteiger partial charge is 0.362 e. The summed E-state index contributed by atoms with van der Waals surface area (Å²) in [6.07, 6.45) is 3.14. The van der Waals surface area contributed by atoms with Gasteiger partial charge in [0, 0.05) is 5.78 Å². The number of nitrogens with zero attached hydrogens (tertiary/aromatic N) is 3. The Hall–Kier alpha value is -1.22. The minimum absolute atomic E-state index is 0.284. The van der Waals surface area contributed by atoms with Gasteiger partial charge in [0.05, 0.1) is 6.33 Å². The second kappa shape index (κ2) is 4.11. The zero-order chi connectivity index (χ0) is 10.8. The van der Waals surface area contributed by atoms with Crippen molar-refractivity contribution in [3.63, 3.8) is 0 Å². The lowest BCUT2D eigenvalue weighted by Crippen LogP contribution is -2.19. The number of imidazole rings is 1. The molecule has 0 amide bonds. The molecule has 2 aromatic rings. The number of H-pyrrole nitrogens is 1. The normalized spacial score (nSPS) is 13.3. The molecular formula is C9H14N5P. The summed E-state index contributed by atoms with van der Waals surface area (Å²) < 4.78 is 0. The van der Waals surface area contributed by atoms with Gasteiger partial charge in [0.2, 0.25) is 0 Å². The highest BCUT2D eigenvalue weighted by Crippen LogP contribution is 2.20. The molecule has 2 heterocycles. The topological polar surface area (TPSA) is 66.5 Å². The molecule has 0 aromatic carbocycles. The molecular weight excluding hydrogens is 209 g/mol. The second-order valence-electron chi connectivity index (χ2n) is 3.74. The van der Waals surface area contributed by atoms with Crippen molar-refractivity contribution in [2.75, 3.05) is 5.32 Å². The number of fused-ring (bicyclic) bond motifs is 1. The summed E-state index contributed by atoms with van der Waals surface area (Å²) in [6, 6.07) is 0. The monoisotopic (exact) mass is 223 g/mol. The highest BCUT2D eigenvalue weighted by molar-refractivity contribution is 7.17. The van der Waals surface area contributed by atoms with Crippen molar-refractivity contribution in [3.05, 3.63) is 12.7 Å². The summed E-state index contributed by atoms with van der Waals surface area (Å²) in [5.41, 5.74) is 1.54. The quantitative estimate of drug-likeness (QED) is 0.776. The Balaban J connectivity index is 2.31. The third-order valence-corrected chi connectivity index (χ3v) is 3.18. The highest BCUT2D eigenvalue weighted by atomic mass is 31.0. The molecule has 0 spiro atoms. The van der Waals surface area contributed by atoms with Crippen LogP contribution in [0.5, 0.6) is 0 Å². The average molecular weight is 223 g/mol. The van der Waals surface area contributed by atoms with E-state index in [9.17, 15) is 0 Å². The van der Waals surface area contributed by atoms with Gasteiger partial charge in [0.15, 0.2) is 11.5 Å². The third-order valence-electron chi connectivity index (χ3n) is 2.24. The fourth-order valence-corrected chi connectivity index (χ4v) is 1.36. The van der Waals surface area contributed by atoms with Crippen LogP contribution in [-0.4, -0.2) is 25.7 Å². The Morgan fingerprint density at radius 2 is 2.13 bits per heavy atom. The summed E-state index contributed by atoms with van der Waals surface area (Å²) in [6.45, 7) is 4.30. The van der Waals surface area contributed by atoms with Crippen LogP contribution in [0.1, 0.15) is 13.8 Å². The zero-order valence-electron chi connectivity index (χ0n) is 8.73.